The highest BCUT2D eigenvalue weighted by Crippen LogP contribution is 2.20. The summed E-state index contributed by atoms with van der Waals surface area (Å²) in [4.78, 5) is -0.0231. The van der Waals surface area contributed by atoms with Crippen LogP contribution in [0, 0.1) is 5.82 Å². The van der Waals surface area contributed by atoms with Gasteiger partial charge in [-0.1, -0.05) is 0 Å². The molecule has 16 heavy (non-hydrogen) atoms. The smallest absolute Gasteiger partial charge is 0.180 e. The summed E-state index contributed by atoms with van der Waals surface area (Å²) in [5, 5.41) is 0. The fourth-order valence-corrected chi connectivity index (χ4v) is 2.72. The summed E-state index contributed by atoms with van der Waals surface area (Å²) in [6.07, 6.45) is 0.385. The molecule has 1 aromatic carbocycles. The second-order valence-electron chi connectivity index (χ2n) is 3.35. The van der Waals surface area contributed by atoms with E-state index < -0.39 is 15.7 Å². The number of halogens is 1. The van der Waals surface area contributed by atoms with E-state index in [0.717, 1.165) is 12.1 Å². The summed E-state index contributed by atoms with van der Waals surface area (Å²) in [6, 6.07) is 3.27. The van der Waals surface area contributed by atoms with Crippen molar-refractivity contribution in [2.45, 2.75) is 11.3 Å². The second kappa shape index (κ2) is 5.27. The topological polar surface area (TPSA) is 69.4 Å². The van der Waals surface area contributed by atoms with Crippen molar-refractivity contribution in [3.63, 3.8) is 0 Å². The van der Waals surface area contributed by atoms with Crippen LogP contribution in [0.4, 0.5) is 10.1 Å². The van der Waals surface area contributed by atoms with Gasteiger partial charge in [-0.25, -0.2) is 12.8 Å². The van der Waals surface area contributed by atoms with Crippen LogP contribution in [-0.4, -0.2) is 27.9 Å². The van der Waals surface area contributed by atoms with Crippen molar-refractivity contribution in [3.8, 4) is 0 Å². The fourth-order valence-electron chi connectivity index (χ4n) is 1.31. The van der Waals surface area contributed by atoms with Crippen molar-refractivity contribution in [3.05, 3.63) is 24.0 Å². The standard InChI is InChI=1S/C10H14FNO3S/c1-15-5-2-6-16(13,14)10-4-3-8(11)7-9(10)12/h3-4,7H,2,5-6,12H2,1H3. The maximum Gasteiger partial charge on any atom is 0.180 e. The van der Waals surface area contributed by atoms with Crippen LogP contribution in [0.2, 0.25) is 0 Å². The predicted molar refractivity (Wildman–Crippen MR) is 59.4 cm³/mol. The van der Waals surface area contributed by atoms with E-state index in [9.17, 15) is 12.8 Å². The van der Waals surface area contributed by atoms with Crippen LogP contribution >= 0.6 is 0 Å². The first kappa shape index (κ1) is 12.9. The van der Waals surface area contributed by atoms with E-state index in [2.05, 4.69) is 0 Å². The molecule has 4 nitrogen and oxygen atoms in total. The van der Waals surface area contributed by atoms with Crippen LogP contribution < -0.4 is 5.73 Å². The fraction of sp³-hybridized carbons (Fsp3) is 0.400. The lowest BCUT2D eigenvalue weighted by atomic mass is 10.3. The molecule has 0 aromatic heterocycles. The van der Waals surface area contributed by atoms with Gasteiger partial charge >= 0.3 is 0 Å². The largest absolute Gasteiger partial charge is 0.398 e. The first-order chi connectivity index (χ1) is 7.47. The van der Waals surface area contributed by atoms with Gasteiger partial charge in [0, 0.05) is 13.7 Å². The highest BCUT2D eigenvalue weighted by atomic mass is 32.2. The van der Waals surface area contributed by atoms with Crippen LogP contribution in [-0.2, 0) is 14.6 Å². The van der Waals surface area contributed by atoms with E-state index in [1.165, 1.54) is 13.2 Å². The molecule has 2 N–H and O–H groups in total. The Balaban J connectivity index is 2.90. The molecule has 0 aliphatic heterocycles. The Labute approximate surface area is 94.1 Å². The van der Waals surface area contributed by atoms with E-state index in [1.807, 2.05) is 0 Å². The molecule has 0 aliphatic carbocycles. The Hall–Kier alpha value is -1.14. The highest BCUT2D eigenvalue weighted by Gasteiger charge is 2.17. The van der Waals surface area contributed by atoms with Crippen LogP contribution in [0.1, 0.15) is 6.42 Å². The number of benzene rings is 1. The molecule has 0 amide bonds. The minimum atomic E-state index is -3.45. The number of hydrogen-bond donors (Lipinski definition) is 1. The number of rotatable bonds is 5. The molecule has 1 rings (SSSR count). The molecule has 0 saturated heterocycles. The molecule has 0 bridgehead atoms. The Morgan fingerprint density at radius 2 is 2.12 bits per heavy atom. The van der Waals surface area contributed by atoms with Gasteiger partial charge in [-0.2, -0.15) is 0 Å². The van der Waals surface area contributed by atoms with Crippen molar-refractivity contribution in [2.24, 2.45) is 0 Å². The van der Waals surface area contributed by atoms with Crippen molar-refractivity contribution < 1.29 is 17.5 Å². The number of nitrogens with two attached hydrogens (primary N) is 1. The summed E-state index contributed by atoms with van der Waals surface area (Å²) < 4.78 is 41.1. The lowest BCUT2D eigenvalue weighted by Gasteiger charge is -2.07. The number of ether oxygens (including phenoxy) is 1. The van der Waals surface area contributed by atoms with Crippen molar-refractivity contribution in [1.82, 2.24) is 0 Å². The summed E-state index contributed by atoms with van der Waals surface area (Å²) in [6.45, 7) is 0.361. The van der Waals surface area contributed by atoms with E-state index in [-0.39, 0.29) is 16.3 Å². The van der Waals surface area contributed by atoms with Crippen molar-refractivity contribution in [1.29, 1.82) is 0 Å². The Morgan fingerprint density at radius 3 is 2.69 bits per heavy atom. The van der Waals surface area contributed by atoms with Crippen LogP contribution in [0.25, 0.3) is 0 Å². The Bertz CT molecular complexity index is 459. The highest BCUT2D eigenvalue weighted by molar-refractivity contribution is 7.91. The third kappa shape index (κ3) is 3.18. The number of anilines is 1. The lowest BCUT2D eigenvalue weighted by molar-refractivity contribution is 0.199. The molecule has 1 aromatic rings. The molecule has 0 aliphatic rings. The molecular weight excluding hydrogens is 233 g/mol. The zero-order valence-electron chi connectivity index (χ0n) is 8.94. The third-order valence-corrected chi connectivity index (χ3v) is 3.94. The molecule has 6 heteroatoms. The third-order valence-electron chi connectivity index (χ3n) is 2.07. The van der Waals surface area contributed by atoms with Gasteiger partial charge < -0.3 is 10.5 Å². The minimum absolute atomic E-state index is 0.0231. The second-order valence-corrected chi connectivity index (χ2v) is 5.42. The van der Waals surface area contributed by atoms with Gasteiger partial charge in [0.1, 0.15) is 5.82 Å². The van der Waals surface area contributed by atoms with Crippen LogP contribution in [0.5, 0.6) is 0 Å². The van der Waals surface area contributed by atoms with Gasteiger partial charge in [-0.3, -0.25) is 0 Å². The van der Waals surface area contributed by atoms with Crippen molar-refractivity contribution >= 4 is 15.5 Å². The van der Waals surface area contributed by atoms with Gasteiger partial charge in [-0.05, 0) is 24.6 Å². The predicted octanol–water partition coefficient (Wildman–Crippen LogP) is 1.22. The van der Waals surface area contributed by atoms with Gasteiger partial charge in [0.25, 0.3) is 0 Å². The number of nitrogen functional groups attached to an aromatic ring is 1. The first-order valence-electron chi connectivity index (χ1n) is 4.74. The van der Waals surface area contributed by atoms with E-state index in [4.69, 9.17) is 10.5 Å². The van der Waals surface area contributed by atoms with Crippen LogP contribution in [0.3, 0.4) is 0 Å². The summed E-state index contributed by atoms with van der Waals surface area (Å²) >= 11 is 0. The SMILES string of the molecule is COCCCS(=O)(=O)c1ccc(F)cc1N. The maximum absolute atomic E-state index is 12.7. The number of sulfone groups is 1. The molecule has 0 atom stereocenters. The normalized spacial score (nSPS) is 11.6. The number of hydrogen-bond acceptors (Lipinski definition) is 4. The van der Waals surface area contributed by atoms with E-state index in [1.54, 1.807) is 0 Å². The molecule has 0 radical (unpaired) electrons. The quantitative estimate of drug-likeness (QED) is 0.482. The average Bonchev–Trinajstić information content (AvgIpc) is 2.17. The zero-order chi connectivity index (χ0) is 12.2. The Morgan fingerprint density at radius 1 is 1.44 bits per heavy atom. The molecule has 0 spiro atoms. The van der Waals surface area contributed by atoms with Crippen molar-refractivity contribution in [2.75, 3.05) is 25.2 Å². The molecule has 90 valence electrons. The molecule has 0 fully saturated rings. The minimum Gasteiger partial charge on any atom is -0.398 e. The van der Waals surface area contributed by atoms with Gasteiger partial charge in [0.05, 0.1) is 16.3 Å². The van der Waals surface area contributed by atoms with Crippen LogP contribution in [0.15, 0.2) is 23.1 Å². The molecule has 0 heterocycles. The monoisotopic (exact) mass is 247 g/mol. The van der Waals surface area contributed by atoms with E-state index in [0.29, 0.717) is 13.0 Å². The van der Waals surface area contributed by atoms with Gasteiger partial charge in [0.15, 0.2) is 9.84 Å². The summed E-state index contributed by atoms with van der Waals surface area (Å²) in [5.41, 5.74) is 5.40. The molecule has 0 unspecified atom stereocenters. The summed E-state index contributed by atoms with van der Waals surface area (Å²) in [7, 11) is -1.95. The van der Waals surface area contributed by atoms with Gasteiger partial charge in [-0.15, -0.1) is 0 Å². The van der Waals surface area contributed by atoms with Gasteiger partial charge in [0.2, 0.25) is 0 Å². The zero-order valence-corrected chi connectivity index (χ0v) is 9.76. The lowest BCUT2D eigenvalue weighted by Crippen LogP contribution is -2.11. The first-order valence-corrected chi connectivity index (χ1v) is 6.39. The number of methoxy groups -OCH3 is 1. The van der Waals surface area contributed by atoms with E-state index >= 15 is 0 Å². The molecule has 0 saturated carbocycles. The maximum atomic E-state index is 12.7. The average molecular weight is 247 g/mol. The Kier molecular flexibility index (Phi) is 4.26. The summed E-state index contributed by atoms with van der Waals surface area (Å²) in [5.74, 6) is -0.607. The molecular formula is C10H14FNO3S.